The first kappa shape index (κ1) is 22.5. The molecule has 3 aromatic rings. The number of hydrogen-bond donors (Lipinski definition) is 1. The third kappa shape index (κ3) is 3.48. The van der Waals surface area contributed by atoms with Crippen molar-refractivity contribution in [3.8, 4) is 17.2 Å². The summed E-state index contributed by atoms with van der Waals surface area (Å²) >= 11 is 0. The van der Waals surface area contributed by atoms with E-state index in [2.05, 4.69) is 17.4 Å². The highest BCUT2D eigenvalue weighted by molar-refractivity contribution is 5.82. The van der Waals surface area contributed by atoms with Crippen molar-refractivity contribution >= 4 is 10.9 Å². The fourth-order valence-corrected chi connectivity index (χ4v) is 5.90. The number of nitrogens with one attached hydrogen (secondary N) is 1. The van der Waals surface area contributed by atoms with Gasteiger partial charge in [0.05, 0.1) is 32.2 Å². The van der Waals surface area contributed by atoms with E-state index in [9.17, 15) is 9.59 Å². The second kappa shape index (κ2) is 8.83. The van der Waals surface area contributed by atoms with Crippen molar-refractivity contribution in [1.82, 2.24) is 14.5 Å². The van der Waals surface area contributed by atoms with Gasteiger partial charge in [0.1, 0.15) is 5.75 Å². The van der Waals surface area contributed by atoms with Crippen LogP contribution in [0.1, 0.15) is 29.9 Å². The molecule has 0 bridgehead atoms. The second-order valence-electron chi connectivity index (χ2n) is 9.18. The number of fused-ring (bicyclic) bond motifs is 4. The zero-order valence-corrected chi connectivity index (χ0v) is 20.1. The average Bonchev–Trinajstić information content (AvgIpc) is 3.29. The van der Waals surface area contributed by atoms with Crippen LogP contribution in [-0.4, -0.2) is 43.1 Å². The Kier molecular flexibility index (Phi) is 5.85. The molecule has 8 nitrogen and oxygen atoms in total. The lowest BCUT2D eigenvalue weighted by Gasteiger charge is -2.32. The van der Waals surface area contributed by atoms with E-state index in [1.807, 2.05) is 6.07 Å². The lowest BCUT2D eigenvalue weighted by Crippen LogP contribution is -2.41. The average molecular weight is 466 g/mol. The van der Waals surface area contributed by atoms with Crippen molar-refractivity contribution in [3.05, 3.63) is 62.3 Å². The van der Waals surface area contributed by atoms with Gasteiger partial charge >= 0.3 is 5.69 Å². The molecule has 5 rings (SSSR count). The summed E-state index contributed by atoms with van der Waals surface area (Å²) in [6, 6.07) is 9.80. The van der Waals surface area contributed by atoms with Gasteiger partial charge in [-0.15, -0.1) is 0 Å². The molecule has 1 saturated heterocycles. The lowest BCUT2D eigenvalue weighted by molar-refractivity contribution is 0.355. The van der Waals surface area contributed by atoms with Crippen molar-refractivity contribution < 1.29 is 14.2 Å². The zero-order chi connectivity index (χ0) is 24.0. The van der Waals surface area contributed by atoms with Gasteiger partial charge in [0.15, 0.2) is 11.5 Å². The van der Waals surface area contributed by atoms with Crippen LogP contribution in [0, 0.1) is 5.92 Å². The van der Waals surface area contributed by atoms with Gasteiger partial charge < -0.3 is 19.5 Å². The molecular formula is C26H31N3O5. The summed E-state index contributed by atoms with van der Waals surface area (Å²) < 4.78 is 19.2. The van der Waals surface area contributed by atoms with E-state index in [0.717, 1.165) is 25.1 Å². The summed E-state index contributed by atoms with van der Waals surface area (Å²) in [5, 5.41) is 4.10. The van der Waals surface area contributed by atoms with E-state index < -0.39 is 0 Å². The Labute approximate surface area is 198 Å². The molecule has 1 N–H and O–H groups in total. The molecule has 0 saturated carbocycles. The minimum absolute atomic E-state index is 0.189. The maximum atomic E-state index is 13.4. The highest BCUT2D eigenvalue weighted by Gasteiger charge is 2.40. The Morgan fingerprint density at radius 1 is 1.03 bits per heavy atom. The van der Waals surface area contributed by atoms with Gasteiger partial charge in [-0.2, -0.15) is 0 Å². The van der Waals surface area contributed by atoms with Crippen molar-refractivity contribution in [2.75, 3.05) is 27.9 Å². The normalized spacial score (nSPS) is 21.2. The molecule has 2 aromatic carbocycles. The molecular weight excluding hydrogens is 434 g/mol. The summed E-state index contributed by atoms with van der Waals surface area (Å²) in [6.07, 6.45) is 2.82. The van der Waals surface area contributed by atoms with E-state index in [4.69, 9.17) is 14.2 Å². The number of hydrogen-bond acceptors (Lipinski definition) is 6. The van der Waals surface area contributed by atoms with Crippen LogP contribution >= 0.6 is 0 Å². The SMILES string of the molecule is COc1cc2c(=O)n(CCC3NC[C@@H]4CCc5c(OC)cccc5[C@H]34)c(=O)n(C)c2cc1OC. The van der Waals surface area contributed by atoms with Crippen LogP contribution in [0.15, 0.2) is 39.9 Å². The molecule has 1 aromatic heterocycles. The van der Waals surface area contributed by atoms with Crippen molar-refractivity contribution in [1.29, 1.82) is 0 Å². The molecule has 0 radical (unpaired) electrons. The molecule has 34 heavy (non-hydrogen) atoms. The van der Waals surface area contributed by atoms with Crippen molar-refractivity contribution in [2.45, 2.75) is 37.8 Å². The van der Waals surface area contributed by atoms with E-state index in [1.54, 1.807) is 26.3 Å². The van der Waals surface area contributed by atoms with Gasteiger partial charge in [0, 0.05) is 31.6 Å². The van der Waals surface area contributed by atoms with Crippen molar-refractivity contribution in [3.63, 3.8) is 0 Å². The molecule has 2 aliphatic rings. The molecule has 1 fully saturated rings. The molecule has 1 aliphatic heterocycles. The predicted octanol–water partition coefficient (Wildman–Crippen LogP) is 2.43. The Morgan fingerprint density at radius 3 is 2.50 bits per heavy atom. The smallest absolute Gasteiger partial charge is 0.331 e. The Morgan fingerprint density at radius 2 is 1.76 bits per heavy atom. The summed E-state index contributed by atoms with van der Waals surface area (Å²) in [5.41, 5.74) is 2.52. The fourth-order valence-electron chi connectivity index (χ4n) is 5.90. The zero-order valence-electron chi connectivity index (χ0n) is 20.1. The lowest BCUT2D eigenvalue weighted by atomic mass is 9.73. The summed E-state index contributed by atoms with van der Waals surface area (Å²) in [7, 11) is 6.46. The third-order valence-corrected chi connectivity index (χ3v) is 7.62. The van der Waals surface area contributed by atoms with Crippen LogP contribution in [0.25, 0.3) is 10.9 Å². The number of rotatable bonds is 6. The fraction of sp³-hybridized carbons (Fsp3) is 0.462. The van der Waals surface area contributed by atoms with Crippen LogP contribution in [0.3, 0.4) is 0 Å². The van der Waals surface area contributed by atoms with Gasteiger partial charge in [-0.25, -0.2) is 4.79 Å². The second-order valence-corrected chi connectivity index (χ2v) is 9.18. The Bertz CT molecular complexity index is 1360. The largest absolute Gasteiger partial charge is 0.496 e. The summed E-state index contributed by atoms with van der Waals surface area (Å²) in [5.74, 6) is 2.80. The van der Waals surface area contributed by atoms with Crippen LogP contribution in [0.5, 0.6) is 17.2 Å². The van der Waals surface area contributed by atoms with Crippen molar-refractivity contribution in [2.24, 2.45) is 13.0 Å². The minimum atomic E-state index is -0.329. The van der Waals surface area contributed by atoms with E-state index in [-0.39, 0.29) is 17.3 Å². The highest BCUT2D eigenvalue weighted by Crippen LogP contribution is 2.45. The first-order chi connectivity index (χ1) is 16.5. The first-order valence-corrected chi connectivity index (χ1v) is 11.7. The van der Waals surface area contributed by atoms with Crippen LogP contribution < -0.4 is 30.8 Å². The van der Waals surface area contributed by atoms with Crippen LogP contribution in [0.4, 0.5) is 0 Å². The van der Waals surface area contributed by atoms with Crippen LogP contribution in [0.2, 0.25) is 0 Å². The van der Waals surface area contributed by atoms with E-state index in [0.29, 0.717) is 47.2 Å². The monoisotopic (exact) mass is 465 g/mol. The maximum Gasteiger partial charge on any atom is 0.331 e. The van der Waals surface area contributed by atoms with E-state index in [1.165, 1.54) is 34.5 Å². The standard InChI is InChI=1S/C26H31N3O5/c1-28-20-13-23(34-4)22(33-3)12-18(20)25(30)29(26(28)31)11-10-19-24-15(14-27-19)8-9-16-17(24)6-5-7-21(16)32-2/h5-7,12-13,15,19,24,27H,8-11,14H2,1-4H3/t15-,19?,24+/m0/s1. The van der Waals surface area contributed by atoms with Gasteiger partial charge in [-0.05, 0) is 55.0 Å². The van der Waals surface area contributed by atoms with Gasteiger partial charge in [-0.1, -0.05) is 12.1 Å². The number of ether oxygens (including phenoxy) is 3. The molecule has 2 heterocycles. The molecule has 180 valence electrons. The minimum Gasteiger partial charge on any atom is -0.496 e. The van der Waals surface area contributed by atoms with Crippen LogP contribution in [-0.2, 0) is 20.0 Å². The van der Waals surface area contributed by atoms with E-state index >= 15 is 0 Å². The number of benzene rings is 2. The molecule has 3 atom stereocenters. The number of nitrogens with zero attached hydrogens (tertiary/aromatic N) is 2. The predicted molar refractivity (Wildman–Crippen MR) is 131 cm³/mol. The van der Waals surface area contributed by atoms with Gasteiger partial charge in [0.25, 0.3) is 5.56 Å². The van der Waals surface area contributed by atoms with Gasteiger partial charge in [-0.3, -0.25) is 13.9 Å². The summed E-state index contributed by atoms with van der Waals surface area (Å²) in [6.45, 7) is 1.30. The number of methoxy groups -OCH3 is 3. The first-order valence-electron chi connectivity index (χ1n) is 11.7. The molecule has 0 amide bonds. The number of aryl methyl sites for hydroxylation is 1. The molecule has 1 unspecified atom stereocenters. The Balaban J connectivity index is 1.49. The summed E-state index contributed by atoms with van der Waals surface area (Å²) in [4.78, 5) is 26.5. The maximum absolute atomic E-state index is 13.4. The topological polar surface area (TPSA) is 83.7 Å². The molecule has 0 spiro atoms. The Hall–Kier alpha value is -3.26. The third-order valence-electron chi connectivity index (χ3n) is 7.62. The quantitative estimate of drug-likeness (QED) is 0.602. The molecule has 8 heteroatoms. The number of aromatic nitrogens is 2. The highest BCUT2D eigenvalue weighted by atomic mass is 16.5. The van der Waals surface area contributed by atoms with Gasteiger partial charge in [0.2, 0.25) is 0 Å². The molecule has 1 aliphatic carbocycles.